The number of allylic oxidation sites excluding steroid dienone is 1. The Morgan fingerprint density at radius 3 is 2.72 bits per heavy atom. The summed E-state index contributed by atoms with van der Waals surface area (Å²) < 4.78 is 42.6. The number of nitrogens with zero attached hydrogens (tertiary/aromatic N) is 2. The number of carbonyl (C=O) groups is 1. The Bertz CT molecular complexity index is 1650. The van der Waals surface area contributed by atoms with Crippen LogP contribution >= 0.6 is 11.6 Å². The number of halogens is 1. The minimum atomic E-state index is -3.92. The monoisotopic (exact) mass is 667 g/mol. The molecule has 1 N–H and O–H groups in total. The molecular weight excluding hydrogens is 622 g/mol. The molecule has 3 heterocycles. The fourth-order valence-corrected chi connectivity index (χ4v) is 10.1. The maximum Gasteiger partial charge on any atom is 0.264 e. The minimum absolute atomic E-state index is 0.189. The van der Waals surface area contributed by atoms with Crippen molar-refractivity contribution in [2.24, 2.45) is 17.8 Å². The summed E-state index contributed by atoms with van der Waals surface area (Å²) in [6, 6.07) is 11.6. The van der Waals surface area contributed by atoms with E-state index in [1.807, 2.05) is 25.1 Å². The Balaban J connectivity index is 1.33. The van der Waals surface area contributed by atoms with Crippen LogP contribution in [0.5, 0.6) is 5.75 Å². The fourth-order valence-electron chi connectivity index (χ4n) is 8.62. The predicted octanol–water partition coefficient (Wildman–Crippen LogP) is 5.58. The van der Waals surface area contributed by atoms with Gasteiger partial charge in [0.2, 0.25) is 10.0 Å². The smallest absolute Gasteiger partial charge is 0.264 e. The SMILES string of the molecule is C[C@@H]1[C@@H](C)C/C=C/[C@]2(CN(C)CCO2)[C@@H]2CC[C@H]2CN2C[C@@]3(CCCc4cc(Cl)ccc43)COc3ccc(cc32)C(=O)NS1(=O)=O. The molecule has 1 saturated heterocycles. The van der Waals surface area contributed by atoms with E-state index in [2.05, 4.69) is 45.9 Å². The lowest BCUT2D eigenvalue weighted by Crippen LogP contribution is -2.59. The van der Waals surface area contributed by atoms with Crippen LogP contribution in [0.1, 0.15) is 67.4 Å². The number of anilines is 1. The molecule has 0 unspecified atom stereocenters. The van der Waals surface area contributed by atoms with Crippen LogP contribution < -0.4 is 14.4 Å². The molecule has 0 aromatic heterocycles. The number of sulfonamides is 1. The molecule has 2 bridgehead atoms. The molecule has 2 aromatic carbocycles. The molecule has 2 spiro atoms. The third-order valence-corrected chi connectivity index (χ3v) is 13.7. The largest absolute Gasteiger partial charge is 0.490 e. The highest BCUT2D eigenvalue weighted by Crippen LogP contribution is 2.49. The molecule has 1 saturated carbocycles. The van der Waals surface area contributed by atoms with Crippen molar-refractivity contribution in [2.45, 2.75) is 68.6 Å². The molecule has 248 valence electrons. The van der Waals surface area contributed by atoms with Gasteiger partial charge in [0.15, 0.2) is 0 Å². The molecule has 10 heteroatoms. The van der Waals surface area contributed by atoms with E-state index in [0.29, 0.717) is 37.0 Å². The quantitative estimate of drug-likeness (QED) is 0.367. The second-order valence-corrected chi connectivity index (χ2v) is 17.0. The van der Waals surface area contributed by atoms with Crippen LogP contribution in [0.3, 0.4) is 0 Å². The van der Waals surface area contributed by atoms with Crippen molar-refractivity contribution >= 4 is 33.2 Å². The number of aryl methyl sites for hydroxylation is 1. The number of likely N-dealkylation sites (N-methyl/N-ethyl adjacent to an activating group) is 1. The van der Waals surface area contributed by atoms with E-state index in [1.54, 1.807) is 13.0 Å². The first-order valence-electron chi connectivity index (χ1n) is 16.9. The average Bonchev–Trinajstić information content (AvgIpc) is 3.15. The summed E-state index contributed by atoms with van der Waals surface area (Å²) in [4.78, 5) is 18.3. The van der Waals surface area contributed by atoms with Gasteiger partial charge in [0, 0.05) is 42.2 Å². The van der Waals surface area contributed by atoms with Gasteiger partial charge in [-0.15, -0.1) is 0 Å². The molecule has 1 amide bonds. The summed E-state index contributed by atoms with van der Waals surface area (Å²) >= 11 is 6.45. The zero-order valence-electron chi connectivity index (χ0n) is 27.1. The Hall–Kier alpha value is -2.59. The molecule has 2 fully saturated rings. The zero-order valence-corrected chi connectivity index (χ0v) is 28.7. The van der Waals surface area contributed by atoms with Crippen molar-refractivity contribution in [3.63, 3.8) is 0 Å². The molecule has 5 aliphatic rings. The topological polar surface area (TPSA) is 88.2 Å². The van der Waals surface area contributed by atoms with Crippen LogP contribution in [0, 0.1) is 17.8 Å². The second kappa shape index (κ2) is 12.1. The summed E-state index contributed by atoms with van der Waals surface area (Å²) in [5.41, 5.74) is 3.05. The lowest BCUT2D eigenvalue weighted by molar-refractivity contribution is -0.139. The number of carbonyl (C=O) groups excluding carboxylic acids is 1. The van der Waals surface area contributed by atoms with Gasteiger partial charge in [-0.2, -0.15) is 0 Å². The van der Waals surface area contributed by atoms with Crippen LogP contribution in [-0.2, 0) is 26.6 Å². The highest BCUT2D eigenvalue weighted by molar-refractivity contribution is 7.90. The third kappa shape index (κ3) is 5.75. The number of benzene rings is 2. The number of rotatable bonds is 0. The highest BCUT2D eigenvalue weighted by atomic mass is 35.5. The molecular formula is C36H46ClN3O5S. The summed E-state index contributed by atoms with van der Waals surface area (Å²) in [5, 5.41) is -0.00202. The van der Waals surface area contributed by atoms with E-state index in [4.69, 9.17) is 21.1 Å². The minimum Gasteiger partial charge on any atom is -0.490 e. The first-order chi connectivity index (χ1) is 22.0. The zero-order chi connectivity index (χ0) is 32.3. The van der Waals surface area contributed by atoms with Gasteiger partial charge in [-0.3, -0.25) is 4.79 Å². The molecule has 46 heavy (non-hydrogen) atoms. The molecule has 7 rings (SSSR count). The molecule has 3 aliphatic heterocycles. The number of morpholine rings is 1. The average molecular weight is 668 g/mol. The van der Waals surface area contributed by atoms with Gasteiger partial charge in [-0.05, 0) is 112 Å². The van der Waals surface area contributed by atoms with Crippen LogP contribution in [0.25, 0.3) is 0 Å². The van der Waals surface area contributed by atoms with Crippen molar-refractivity contribution in [3.8, 4) is 5.75 Å². The number of nitrogens with one attached hydrogen (secondary N) is 1. The van der Waals surface area contributed by atoms with E-state index < -0.39 is 26.8 Å². The van der Waals surface area contributed by atoms with Crippen LogP contribution in [0.4, 0.5) is 5.69 Å². The van der Waals surface area contributed by atoms with Gasteiger partial charge in [0.05, 0.1) is 24.2 Å². The Kier molecular flexibility index (Phi) is 8.44. The van der Waals surface area contributed by atoms with E-state index in [9.17, 15) is 13.2 Å². The molecule has 0 radical (unpaired) electrons. The number of hydrogen-bond acceptors (Lipinski definition) is 7. The molecule has 2 aromatic rings. The summed E-state index contributed by atoms with van der Waals surface area (Å²) in [6.45, 7) is 8.04. The first-order valence-corrected chi connectivity index (χ1v) is 18.8. The third-order valence-electron chi connectivity index (χ3n) is 11.6. The Morgan fingerprint density at radius 2 is 1.93 bits per heavy atom. The van der Waals surface area contributed by atoms with Crippen LogP contribution in [-0.4, -0.2) is 76.5 Å². The van der Waals surface area contributed by atoms with Gasteiger partial charge in [0.25, 0.3) is 5.91 Å². The van der Waals surface area contributed by atoms with E-state index in [1.165, 1.54) is 11.1 Å². The van der Waals surface area contributed by atoms with E-state index in [-0.39, 0.29) is 11.3 Å². The standard InChI is InChI=1S/C36H46ClN3O5S/c1-24-6-4-15-36(22-39(3)16-17-45-36)31-11-8-28(31)20-40-21-35(14-5-7-26-18-29(37)10-12-30(26)35)23-44-33-13-9-27(19-32(33)40)34(41)38-46(42,43)25(24)2/h4,9-10,12-13,15,18-19,24-25,28,31H,5-8,11,14,16-17,20-23H2,1-3H3,(H,38,41)/b15-4+/t24-,25+,28-,31+,35-,36-/m0/s1. The Morgan fingerprint density at radius 1 is 1.09 bits per heavy atom. The van der Waals surface area contributed by atoms with Crippen molar-refractivity contribution < 1.29 is 22.7 Å². The van der Waals surface area contributed by atoms with Gasteiger partial charge < -0.3 is 19.3 Å². The van der Waals surface area contributed by atoms with Gasteiger partial charge in [-0.1, -0.05) is 36.7 Å². The van der Waals surface area contributed by atoms with Crippen molar-refractivity contribution in [2.75, 3.05) is 51.3 Å². The summed E-state index contributed by atoms with van der Waals surface area (Å²) in [5.74, 6) is 0.628. The number of hydrogen-bond donors (Lipinski definition) is 1. The van der Waals surface area contributed by atoms with E-state index >= 15 is 0 Å². The maximum absolute atomic E-state index is 13.5. The first kappa shape index (κ1) is 32.0. The number of fused-ring (bicyclic) bond motifs is 5. The summed E-state index contributed by atoms with van der Waals surface area (Å²) in [7, 11) is -1.76. The number of ether oxygens (including phenoxy) is 2. The molecule has 2 aliphatic carbocycles. The van der Waals surface area contributed by atoms with Gasteiger partial charge >= 0.3 is 0 Å². The van der Waals surface area contributed by atoms with Crippen molar-refractivity contribution in [3.05, 3.63) is 70.3 Å². The fraction of sp³-hybridized carbons (Fsp3) is 0.583. The molecule has 8 nitrogen and oxygen atoms in total. The lowest BCUT2D eigenvalue weighted by Gasteiger charge is -2.53. The lowest BCUT2D eigenvalue weighted by atomic mass is 9.63. The highest BCUT2D eigenvalue weighted by Gasteiger charge is 2.50. The second-order valence-electron chi connectivity index (χ2n) is 14.6. The predicted molar refractivity (Wildman–Crippen MR) is 181 cm³/mol. The number of amides is 1. The molecule has 6 atom stereocenters. The summed E-state index contributed by atoms with van der Waals surface area (Å²) in [6.07, 6.45) is 10.1. The Labute approximate surface area is 278 Å². The van der Waals surface area contributed by atoms with Gasteiger partial charge in [-0.25, -0.2) is 13.1 Å². The normalized spacial score (nSPS) is 35.2. The van der Waals surface area contributed by atoms with Gasteiger partial charge in [0.1, 0.15) is 11.4 Å². The van der Waals surface area contributed by atoms with Crippen molar-refractivity contribution in [1.82, 2.24) is 9.62 Å². The van der Waals surface area contributed by atoms with Crippen LogP contribution in [0.2, 0.25) is 5.02 Å². The maximum atomic E-state index is 13.5. The van der Waals surface area contributed by atoms with Crippen LogP contribution in [0.15, 0.2) is 48.6 Å². The van der Waals surface area contributed by atoms with E-state index in [0.717, 1.165) is 74.7 Å². The van der Waals surface area contributed by atoms with Crippen molar-refractivity contribution in [1.29, 1.82) is 0 Å².